The molecule has 4 heteroatoms. The van der Waals surface area contributed by atoms with E-state index in [0.717, 1.165) is 13.0 Å². The number of carbonyl (C=O) groups is 2. The molecule has 0 aromatic carbocycles. The summed E-state index contributed by atoms with van der Waals surface area (Å²) in [5.41, 5.74) is 0. The zero-order valence-corrected chi connectivity index (χ0v) is 7.58. The minimum absolute atomic E-state index is 0.188. The first-order valence-electron chi connectivity index (χ1n) is 4.42. The average Bonchev–Trinajstić information content (AvgIpc) is 2.52. The first-order chi connectivity index (χ1) is 6.24. The van der Waals surface area contributed by atoms with Crippen molar-refractivity contribution >= 4 is 11.8 Å². The van der Waals surface area contributed by atoms with Crippen molar-refractivity contribution in [3.05, 3.63) is 12.7 Å². The predicted octanol–water partition coefficient (Wildman–Crippen LogP) is -0.0890. The molecule has 0 aliphatic carbocycles. The van der Waals surface area contributed by atoms with Crippen LogP contribution in [0.2, 0.25) is 0 Å². The van der Waals surface area contributed by atoms with Gasteiger partial charge in [0.1, 0.15) is 0 Å². The molecule has 0 bridgehead atoms. The fraction of sp³-hybridized carbons (Fsp3) is 0.556. The zero-order valence-electron chi connectivity index (χ0n) is 7.58. The fourth-order valence-corrected chi connectivity index (χ4v) is 1.33. The van der Waals surface area contributed by atoms with Crippen molar-refractivity contribution in [1.82, 2.24) is 10.2 Å². The molecule has 1 N–H and O–H groups in total. The molecule has 0 radical (unpaired) electrons. The van der Waals surface area contributed by atoms with Crippen molar-refractivity contribution in [3.63, 3.8) is 0 Å². The molecular weight excluding hydrogens is 168 g/mol. The number of hydrogen-bond donors (Lipinski definition) is 1. The lowest BCUT2D eigenvalue weighted by atomic mass is 10.4. The lowest BCUT2D eigenvalue weighted by Crippen LogP contribution is -2.34. The zero-order chi connectivity index (χ0) is 9.68. The number of nitrogens with one attached hydrogen (secondary N) is 1. The lowest BCUT2D eigenvalue weighted by Gasteiger charge is -2.14. The van der Waals surface area contributed by atoms with Gasteiger partial charge in [0, 0.05) is 26.1 Å². The van der Waals surface area contributed by atoms with Crippen LogP contribution in [0.5, 0.6) is 0 Å². The Hall–Kier alpha value is -1.32. The molecule has 0 aromatic heterocycles. The molecule has 13 heavy (non-hydrogen) atoms. The Balaban J connectivity index is 2.15. The van der Waals surface area contributed by atoms with E-state index in [1.807, 2.05) is 0 Å². The van der Waals surface area contributed by atoms with Crippen LogP contribution in [-0.4, -0.2) is 36.3 Å². The van der Waals surface area contributed by atoms with E-state index in [2.05, 4.69) is 11.9 Å². The molecule has 1 aliphatic rings. The Bertz CT molecular complexity index is 226. The van der Waals surface area contributed by atoms with Crippen molar-refractivity contribution in [2.75, 3.05) is 19.6 Å². The smallest absolute Gasteiger partial charge is 0.243 e. The van der Waals surface area contributed by atoms with E-state index in [-0.39, 0.29) is 11.8 Å². The lowest BCUT2D eigenvalue weighted by molar-refractivity contribution is -0.128. The highest BCUT2D eigenvalue weighted by Crippen LogP contribution is 2.07. The maximum Gasteiger partial charge on any atom is 0.243 e. The van der Waals surface area contributed by atoms with Gasteiger partial charge in [-0.1, -0.05) is 6.58 Å². The van der Waals surface area contributed by atoms with Gasteiger partial charge in [-0.15, -0.1) is 0 Å². The Morgan fingerprint density at radius 1 is 1.69 bits per heavy atom. The van der Waals surface area contributed by atoms with Crippen molar-refractivity contribution in [3.8, 4) is 0 Å². The number of rotatable bonds is 4. The molecule has 1 fully saturated rings. The number of likely N-dealkylation sites (tertiary alicyclic amines) is 1. The van der Waals surface area contributed by atoms with E-state index >= 15 is 0 Å². The van der Waals surface area contributed by atoms with Gasteiger partial charge in [-0.3, -0.25) is 9.59 Å². The van der Waals surface area contributed by atoms with Crippen LogP contribution >= 0.6 is 0 Å². The molecule has 0 saturated carbocycles. The second-order valence-corrected chi connectivity index (χ2v) is 2.98. The minimum atomic E-state index is -0.188. The van der Waals surface area contributed by atoms with E-state index in [4.69, 9.17) is 0 Å². The van der Waals surface area contributed by atoms with Crippen LogP contribution in [0.3, 0.4) is 0 Å². The third kappa shape index (κ3) is 2.89. The van der Waals surface area contributed by atoms with Crippen LogP contribution in [0.1, 0.15) is 12.8 Å². The molecule has 72 valence electrons. The third-order valence-corrected chi connectivity index (χ3v) is 2.04. The van der Waals surface area contributed by atoms with Crippen LogP contribution in [0.25, 0.3) is 0 Å². The number of hydrogen-bond acceptors (Lipinski definition) is 2. The van der Waals surface area contributed by atoms with Crippen LogP contribution in [0.15, 0.2) is 12.7 Å². The fourth-order valence-electron chi connectivity index (χ4n) is 1.33. The first kappa shape index (κ1) is 9.77. The summed E-state index contributed by atoms with van der Waals surface area (Å²) in [6, 6.07) is 0. The summed E-state index contributed by atoms with van der Waals surface area (Å²) in [6.07, 6.45) is 2.81. The molecule has 1 saturated heterocycles. The van der Waals surface area contributed by atoms with Gasteiger partial charge in [-0.05, 0) is 12.5 Å². The minimum Gasteiger partial charge on any atom is -0.351 e. The molecule has 4 nitrogen and oxygen atoms in total. The maximum atomic E-state index is 11.1. The SMILES string of the molecule is C=CC(=O)NCCN1CCCC1=O. The maximum absolute atomic E-state index is 11.1. The highest BCUT2D eigenvalue weighted by atomic mass is 16.2. The van der Waals surface area contributed by atoms with Crippen LogP contribution < -0.4 is 5.32 Å². The summed E-state index contributed by atoms with van der Waals surface area (Å²) in [5, 5.41) is 2.63. The van der Waals surface area contributed by atoms with Crippen LogP contribution in [-0.2, 0) is 9.59 Å². The highest BCUT2D eigenvalue weighted by Gasteiger charge is 2.18. The van der Waals surface area contributed by atoms with E-state index in [0.29, 0.717) is 19.5 Å². The summed E-state index contributed by atoms with van der Waals surface area (Å²) in [6.45, 7) is 5.28. The van der Waals surface area contributed by atoms with Crippen LogP contribution in [0.4, 0.5) is 0 Å². The van der Waals surface area contributed by atoms with Crippen LogP contribution in [0, 0.1) is 0 Å². The molecule has 1 aliphatic heterocycles. The Labute approximate surface area is 77.6 Å². The molecule has 1 rings (SSSR count). The Kier molecular flexibility index (Phi) is 3.49. The summed E-state index contributed by atoms with van der Waals surface area (Å²) >= 11 is 0. The molecule has 0 unspecified atom stereocenters. The Morgan fingerprint density at radius 3 is 3.00 bits per heavy atom. The molecular formula is C9H14N2O2. The van der Waals surface area contributed by atoms with Gasteiger partial charge < -0.3 is 10.2 Å². The second-order valence-electron chi connectivity index (χ2n) is 2.98. The molecule has 0 atom stereocenters. The normalized spacial score (nSPS) is 16.0. The van der Waals surface area contributed by atoms with Gasteiger partial charge in [0.15, 0.2) is 0 Å². The van der Waals surface area contributed by atoms with Gasteiger partial charge in [0.25, 0.3) is 0 Å². The first-order valence-corrected chi connectivity index (χ1v) is 4.42. The quantitative estimate of drug-likeness (QED) is 0.618. The van der Waals surface area contributed by atoms with Crippen molar-refractivity contribution in [2.45, 2.75) is 12.8 Å². The average molecular weight is 182 g/mol. The largest absolute Gasteiger partial charge is 0.351 e. The van der Waals surface area contributed by atoms with E-state index in [9.17, 15) is 9.59 Å². The summed E-state index contributed by atoms with van der Waals surface area (Å²) in [4.78, 5) is 23.6. The summed E-state index contributed by atoms with van der Waals surface area (Å²) < 4.78 is 0. The van der Waals surface area contributed by atoms with Gasteiger partial charge >= 0.3 is 0 Å². The highest BCUT2D eigenvalue weighted by molar-refractivity contribution is 5.86. The second kappa shape index (κ2) is 4.64. The van der Waals surface area contributed by atoms with Crippen molar-refractivity contribution < 1.29 is 9.59 Å². The van der Waals surface area contributed by atoms with E-state index in [1.54, 1.807) is 4.90 Å². The Morgan fingerprint density at radius 2 is 2.46 bits per heavy atom. The summed E-state index contributed by atoms with van der Waals surface area (Å²) in [7, 11) is 0. The van der Waals surface area contributed by atoms with E-state index in [1.165, 1.54) is 6.08 Å². The third-order valence-electron chi connectivity index (χ3n) is 2.04. The number of nitrogens with zero attached hydrogens (tertiary/aromatic N) is 1. The molecule has 0 spiro atoms. The van der Waals surface area contributed by atoms with Gasteiger partial charge in [-0.25, -0.2) is 0 Å². The van der Waals surface area contributed by atoms with Crippen molar-refractivity contribution in [2.24, 2.45) is 0 Å². The molecule has 0 aromatic rings. The van der Waals surface area contributed by atoms with Gasteiger partial charge in [0.2, 0.25) is 11.8 Å². The number of carbonyl (C=O) groups excluding carboxylic acids is 2. The van der Waals surface area contributed by atoms with Crippen molar-refractivity contribution in [1.29, 1.82) is 0 Å². The molecule has 1 heterocycles. The number of amides is 2. The standard InChI is InChI=1S/C9H14N2O2/c1-2-8(12)10-5-7-11-6-3-4-9(11)13/h2H,1,3-7H2,(H,10,12). The predicted molar refractivity (Wildman–Crippen MR) is 49.0 cm³/mol. The molecule has 2 amide bonds. The van der Waals surface area contributed by atoms with E-state index < -0.39 is 0 Å². The van der Waals surface area contributed by atoms with Gasteiger partial charge in [-0.2, -0.15) is 0 Å². The summed E-state index contributed by atoms with van der Waals surface area (Å²) in [5.74, 6) is -0.000465. The van der Waals surface area contributed by atoms with Gasteiger partial charge in [0.05, 0.1) is 0 Å². The topological polar surface area (TPSA) is 49.4 Å². The monoisotopic (exact) mass is 182 g/mol.